The summed E-state index contributed by atoms with van der Waals surface area (Å²) in [6.45, 7) is 4.81. The second-order valence-corrected chi connectivity index (χ2v) is 5.59. The van der Waals surface area contributed by atoms with E-state index in [-0.39, 0.29) is 11.9 Å². The van der Waals surface area contributed by atoms with Crippen LogP contribution in [0.15, 0.2) is 22.8 Å². The van der Waals surface area contributed by atoms with Gasteiger partial charge in [0.1, 0.15) is 5.82 Å². The molecule has 0 saturated carbocycles. The van der Waals surface area contributed by atoms with Crippen LogP contribution in [0.2, 0.25) is 0 Å². The number of halogens is 2. The molecule has 4 nitrogen and oxygen atoms in total. The van der Waals surface area contributed by atoms with Gasteiger partial charge in [-0.1, -0.05) is 18.2 Å². The zero-order valence-electron chi connectivity index (χ0n) is 11.8. The molecule has 1 aromatic heterocycles. The van der Waals surface area contributed by atoms with Crippen molar-refractivity contribution < 1.29 is 4.39 Å². The lowest BCUT2D eigenvalue weighted by atomic mass is 10.0. The molecule has 1 aromatic carbocycles. The van der Waals surface area contributed by atoms with Gasteiger partial charge in [-0.3, -0.25) is 0 Å². The molecular formula is C14H18BrFN4. The highest BCUT2D eigenvalue weighted by Gasteiger charge is 2.22. The maximum atomic E-state index is 13.7. The normalized spacial score (nSPS) is 12.7. The topological polar surface area (TPSA) is 42.7 Å². The minimum Gasteiger partial charge on any atom is -0.305 e. The Labute approximate surface area is 126 Å². The van der Waals surface area contributed by atoms with Gasteiger partial charge < -0.3 is 5.32 Å². The van der Waals surface area contributed by atoms with Crippen molar-refractivity contribution in [2.45, 2.75) is 26.3 Å². The summed E-state index contributed by atoms with van der Waals surface area (Å²) in [5, 5.41) is 11.4. The summed E-state index contributed by atoms with van der Waals surface area (Å²) < 4.78 is 16.1. The summed E-state index contributed by atoms with van der Waals surface area (Å²) >= 11 is 3.42. The monoisotopic (exact) mass is 340 g/mol. The van der Waals surface area contributed by atoms with E-state index in [9.17, 15) is 4.39 Å². The van der Waals surface area contributed by atoms with Crippen LogP contribution in [-0.4, -0.2) is 21.5 Å². The number of aromatic nitrogens is 3. The van der Waals surface area contributed by atoms with E-state index in [0.29, 0.717) is 4.60 Å². The molecule has 0 aliphatic rings. The number of benzene rings is 1. The Morgan fingerprint density at radius 2 is 2.15 bits per heavy atom. The molecule has 1 heterocycles. The summed E-state index contributed by atoms with van der Waals surface area (Å²) in [4.78, 5) is 0. The summed E-state index contributed by atoms with van der Waals surface area (Å²) in [5.41, 5.74) is 2.67. The minimum atomic E-state index is -0.227. The largest absolute Gasteiger partial charge is 0.305 e. The molecule has 0 aliphatic carbocycles. The SMILES string of the molecule is CCCNC(c1cc(C)cc(F)c1)c1c(Br)nnn1C. The van der Waals surface area contributed by atoms with Crippen molar-refractivity contribution in [1.82, 2.24) is 20.3 Å². The molecule has 0 fully saturated rings. The maximum Gasteiger partial charge on any atom is 0.153 e. The van der Waals surface area contributed by atoms with Crippen molar-refractivity contribution in [2.24, 2.45) is 7.05 Å². The number of nitrogens with one attached hydrogen (secondary N) is 1. The Bertz CT molecular complexity index is 557. The van der Waals surface area contributed by atoms with Crippen molar-refractivity contribution >= 4 is 15.9 Å². The van der Waals surface area contributed by atoms with Crippen LogP contribution in [0.1, 0.15) is 36.2 Å². The lowest BCUT2D eigenvalue weighted by molar-refractivity contribution is 0.544. The van der Waals surface area contributed by atoms with Crippen LogP contribution in [0.5, 0.6) is 0 Å². The Kier molecular flexibility index (Phi) is 4.88. The van der Waals surface area contributed by atoms with Crippen molar-refractivity contribution in [3.05, 3.63) is 45.4 Å². The molecule has 0 bridgehead atoms. The number of aryl methyl sites for hydroxylation is 2. The summed E-state index contributed by atoms with van der Waals surface area (Å²) in [5.74, 6) is -0.227. The highest BCUT2D eigenvalue weighted by Crippen LogP contribution is 2.27. The van der Waals surface area contributed by atoms with Gasteiger partial charge in [0.15, 0.2) is 4.60 Å². The van der Waals surface area contributed by atoms with E-state index < -0.39 is 0 Å². The highest BCUT2D eigenvalue weighted by atomic mass is 79.9. The van der Waals surface area contributed by atoms with E-state index in [4.69, 9.17) is 0 Å². The van der Waals surface area contributed by atoms with Gasteiger partial charge in [0, 0.05) is 7.05 Å². The molecule has 1 unspecified atom stereocenters. The molecule has 6 heteroatoms. The minimum absolute atomic E-state index is 0.140. The van der Waals surface area contributed by atoms with Gasteiger partial charge in [-0.25, -0.2) is 9.07 Å². The first-order chi connectivity index (χ1) is 9.52. The first kappa shape index (κ1) is 15.1. The lowest BCUT2D eigenvalue weighted by Crippen LogP contribution is -2.25. The zero-order valence-corrected chi connectivity index (χ0v) is 13.4. The van der Waals surface area contributed by atoms with Crippen LogP contribution in [0.4, 0.5) is 4.39 Å². The van der Waals surface area contributed by atoms with E-state index >= 15 is 0 Å². The number of nitrogens with zero attached hydrogens (tertiary/aromatic N) is 3. The fraction of sp³-hybridized carbons (Fsp3) is 0.429. The molecule has 1 atom stereocenters. The molecule has 2 rings (SSSR count). The van der Waals surface area contributed by atoms with Crippen molar-refractivity contribution in [1.29, 1.82) is 0 Å². The summed E-state index contributed by atoms with van der Waals surface area (Å²) in [6.07, 6.45) is 0.994. The Morgan fingerprint density at radius 3 is 2.70 bits per heavy atom. The molecule has 0 aliphatic heterocycles. The van der Waals surface area contributed by atoms with Crippen LogP contribution < -0.4 is 5.32 Å². The number of rotatable bonds is 5. The van der Waals surface area contributed by atoms with Crippen LogP contribution in [0.25, 0.3) is 0 Å². The van der Waals surface area contributed by atoms with E-state index in [1.807, 2.05) is 20.0 Å². The average molecular weight is 341 g/mol. The molecule has 0 spiro atoms. The predicted molar refractivity (Wildman–Crippen MR) is 80.0 cm³/mol. The third kappa shape index (κ3) is 3.24. The zero-order chi connectivity index (χ0) is 14.7. The third-order valence-electron chi connectivity index (χ3n) is 3.10. The highest BCUT2D eigenvalue weighted by molar-refractivity contribution is 9.10. The Balaban J connectivity index is 2.47. The van der Waals surface area contributed by atoms with E-state index in [1.54, 1.807) is 10.7 Å². The van der Waals surface area contributed by atoms with E-state index in [2.05, 4.69) is 38.5 Å². The first-order valence-corrected chi connectivity index (χ1v) is 7.37. The molecule has 0 saturated heterocycles. The second kappa shape index (κ2) is 6.45. The number of hydrogen-bond donors (Lipinski definition) is 1. The molecule has 0 radical (unpaired) electrons. The third-order valence-corrected chi connectivity index (χ3v) is 3.66. The molecule has 20 heavy (non-hydrogen) atoms. The molecule has 0 amide bonds. The van der Waals surface area contributed by atoms with Crippen LogP contribution in [0.3, 0.4) is 0 Å². The van der Waals surface area contributed by atoms with E-state index in [0.717, 1.165) is 29.8 Å². The van der Waals surface area contributed by atoms with Gasteiger partial charge >= 0.3 is 0 Å². The van der Waals surface area contributed by atoms with Gasteiger partial charge in [0.2, 0.25) is 0 Å². The van der Waals surface area contributed by atoms with Crippen LogP contribution >= 0.6 is 15.9 Å². The van der Waals surface area contributed by atoms with Crippen molar-refractivity contribution in [3.63, 3.8) is 0 Å². The van der Waals surface area contributed by atoms with Crippen molar-refractivity contribution in [2.75, 3.05) is 6.54 Å². The summed E-state index contributed by atoms with van der Waals surface area (Å²) in [7, 11) is 1.83. The molecule has 1 N–H and O–H groups in total. The van der Waals surface area contributed by atoms with Crippen LogP contribution in [-0.2, 0) is 7.05 Å². The molecule has 2 aromatic rings. The maximum absolute atomic E-state index is 13.7. The number of hydrogen-bond acceptors (Lipinski definition) is 3. The van der Waals surface area contributed by atoms with Gasteiger partial charge in [0.25, 0.3) is 0 Å². The smallest absolute Gasteiger partial charge is 0.153 e. The average Bonchev–Trinajstić information content (AvgIpc) is 2.70. The lowest BCUT2D eigenvalue weighted by Gasteiger charge is -2.20. The van der Waals surface area contributed by atoms with Gasteiger partial charge in [-0.05, 0) is 59.1 Å². The predicted octanol–water partition coefficient (Wildman–Crippen LogP) is 3.11. The van der Waals surface area contributed by atoms with Crippen molar-refractivity contribution in [3.8, 4) is 0 Å². The van der Waals surface area contributed by atoms with Gasteiger partial charge in [0.05, 0.1) is 11.7 Å². The Morgan fingerprint density at radius 1 is 1.40 bits per heavy atom. The summed E-state index contributed by atoms with van der Waals surface area (Å²) in [6, 6.07) is 4.92. The fourth-order valence-corrected chi connectivity index (χ4v) is 2.79. The van der Waals surface area contributed by atoms with Gasteiger partial charge in [-0.2, -0.15) is 0 Å². The quantitative estimate of drug-likeness (QED) is 0.909. The first-order valence-electron chi connectivity index (χ1n) is 6.58. The van der Waals surface area contributed by atoms with Gasteiger partial charge in [-0.15, -0.1) is 5.10 Å². The fourth-order valence-electron chi connectivity index (χ4n) is 2.24. The molecule has 108 valence electrons. The standard InChI is InChI=1S/C14H18BrFN4/c1-4-5-17-12(13-14(15)18-19-20(13)3)10-6-9(2)7-11(16)8-10/h6-8,12,17H,4-5H2,1-3H3. The van der Waals surface area contributed by atoms with E-state index in [1.165, 1.54) is 6.07 Å². The van der Waals surface area contributed by atoms with Crippen LogP contribution in [0, 0.1) is 12.7 Å². The molecular weight excluding hydrogens is 323 g/mol. The second-order valence-electron chi connectivity index (χ2n) is 4.84. The Hall–Kier alpha value is -1.27.